The summed E-state index contributed by atoms with van der Waals surface area (Å²) in [6.45, 7) is 4.76. The third-order valence-electron chi connectivity index (χ3n) is 2.34. The number of ether oxygens (including phenoxy) is 1. The molecule has 0 heterocycles. The zero-order valence-corrected chi connectivity index (χ0v) is 9.34. The Bertz CT molecular complexity index is 347. The van der Waals surface area contributed by atoms with E-state index in [-0.39, 0.29) is 5.84 Å². The van der Waals surface area contributed by atoms with Crippen molar-refractivity contribution in [2.75, 3.05) is 6.61 Å². The molecule has 0 amide bonds. The van der Waals surface area contributed by atoms with Gasteiger partial charge < -0.3 is 10.5 Å². The molecule has 0 aliphatic rings. The number of nitrogens with two attached hydrogens (primary N) is 1. The van der Waals surface area contributed by atoms with Crippen LogP contribution in [0.25, 0.3) is 0 Å². The first kappa shape index (κ1) is 11.6. The van der Waals surface area contributed by atoms with Gasteiger partial charge in [0.25, 0.3) is 0 Å². The van der Waals surface area contributed by atoms with Crippen LogP contribution in [0, 0.1) is 19.3 Å². The first-order valence-electron chi connectivity index (χ1n) is 5.12. The van der Waals surface area contributed by atoms with E-state index < -0.39 is 0 Å². The molecular weight excluding hydrogens is 188 g/mol. The minimum atomic E-state index is 0.221. The molecule has 3 N–H and O–H groups in total. The lowest BCUT2D eigenvalue weighted by Crippen LogP contribution is -2.11. The smallest absolute Gasteiger partial charge is 0.119 e. The van der Waals surface area contributed by atoms with Crippen LogP contribution in [-0.4, -0.2) is 12.4 Å². The molecule has 1 rings (SSSR count). The van der Waals surface area contributed by atoms with Gasteiger partial charge in [-0.3, -0.25) is 5.41 Å². The molecule has 0 aliphatic carbocycles. The molecule has 0 spiro atoms. The maximum Gasteiger partial charge on any atom is 0.119 e. The molecule has 0 aromatic heterocycles. The third-order valence-corrected chi connectivity index (χ3v) is 2.34. The highest BCUT2D eigenvalue weighted by Gasteiger charge is 1.97. The zero-order chi connectivity index (χ0) is 11.3. The van der Waals surface area contributed by atoms with Crippen molar-refractivity contribution >= 4 is 5.84 Å². The normalized spacial score (nSPS) is 10.0. The summed E-state index contributed by atoms with van der Waals surface area (Å²) in [7, 11) is 0. The fourth-order valence-electron chi connectivity index (χ4n) is 1.26. The Morgan fingerprint density at radius 3 is 2.67 bits per heavy atom. The SMILES string of the molecule is Cc1ccc(OCCCC(=N)N)cc1C. The summed E-state index contributed by atoms with van der Waals surface area (Å²) in [5, 5.41) is 7.06. The van der Waals surface area contributed by atoms with Crippen LogP contribution in [0.15, 0.2) is 18.2 Å². The molecule has 0 aliphatic heterocycles. The molecule has 82 valence electrons. The minimum absolute atomic E-state index is 0.221. The summed E-state index contributed by atoms with van der Waals surface area (Å²) in [6.07, 6.45) is 1.40. The monoisotopic (exact) mass is 206 g/mol. The predicted octanol–water partition coefficient (Wildman–Crippen LogP) is 2.40. The standard InChI is InChI=1S/C12H18N2O/c1-9-5-6-11(8-10(9)2)15-7-3-4-12(13)14/h5-6,8H,3-4,7H2,1-2H3,(H3,13,14). The second kappa shape index (κ2) is 5.39. The zero-order valence-electron chi connectivity index (χ0n) is 9.34. The highest BCUT2D eigenvalue weighted by atomic mass is 16.5. The van der Waals surface area contributed by atoms with Gasteiger partial charge in [-0.25, -0.2) is 0 Å². The van der Waals surface area contributed by atoms with E-state index in [2.05, 4.69) is 19.9 Å². The third kappa shape index (κ3) is 4.02. The van der Waals surface area contributed by atoms with E-state index in [9.17, 15) is 0 Å². The summed E-state index contributed by atoms with van der Waals surface area (Å²) in [6, 6.07) is 6.05. The van der Waals surface area contributed by atoms with Crippen LogP contribution < -0.4 is 10.5 Å². The van der Waals surface area contributed by atoms with Gasteiger partial charge in [0.05, 0.1) is 12.4 Å². The van der Waals surface area contributed by atoms with Gasteiger partial charge in [-0.05, 0) is 43.5 Å². The Balaban J connectivity index is 2.38. The fraction of sp³-hybridized carbons (Fsp3) is 0.417. The van der Waals surface area contributed by atoms with Gasteiger partial charge >= 0.3 is 0 Å². The topological polar surface area (TPSA) is 59.1 Å². The molecule has 0 saturated carbocycles. The Kier molecular flexibility index (Phi) is 4.16. The van der Waals surface area contributed by atoms with Crippen molar-refractivity contribution in [1.29, 1.82) is 5.41 Å². The molecule has 0 bridgehead atoms. The van der Waals surface area contributed by atoms with E-state index in [0.29, 0.717) is 13.0 Å². The molecule has 0 saturated heterocycles. The highest BCUT2D eigenvalue weighted by molar-refractivity contribution is 5.76. The minimum Gasteiger partial charge on any atom is -0.494 e. The van der Waals surface area contributed by atoms with Crippen molar-refractivity contribution in [1.82, 2.24) is 0 Å². The van der Waals surface area contributed by atoms with Gasteiger partial charge in [0.2, 0.25) is 0 Å². The average Bonchev–Trinajstić information content (AvgIpc) is 2.18. The van der Waals surface area contributed by atoms with E-state index in [1.54, 1.807) is 0 Å². The van der Waals surface area contributed by atoms with Crippen LogP contribution in [0.4, 0.5) is 0 Å². The highest BCUT2D eigenvalue weighted by Crippen LogP contribution is 2.16. The Morgan fingerprint density at radius 1 is 1.33 bits per heavy atom. The van der Waals surface area contributed by atoms with Gasteiger partial charge in [0.1, 0.15) is 5.75 Å². The molecule has 15 heavy (non-hydrogen) atoms. The summed E-state index contributed by atoms with van der Waals surface area (Å²) >= 11 is 0. The number of hydrogen-bond donors (Lipinski definition) is 2. The maximum atomic E-state index is 7.06. The Hall–Kier alpha value is -1.51. The fourth-order valence-corrected chi connectivity index (χ4v) is 1.26. The van der Waals surface area contributed by atoms with Gasteiger partial charge in [-0.15, -0.1) is 0 Å². The summed E-state index contributed by atoms with van der Waals surface area (Å²) in [5.74, 6) is 1.11. The van der Waals surface area contributed by atoms with Crippen LogP contribution in [0.3, 0.4) is 0 Å². The average molecular weight is 206 g/mol. The van der Waals surface area contributed by atoms with Crippen molar-refractivity contribution in [3.63, 3.8) is 0 Å². The second-order valence-corrected chi connectivity index (χ2v) is 3.72. The molecule has 0 atom stereocenters. The lowest BCUT2D eigenvalue weighted by molar-refractivity contribution is 0.313. The first-order chi connectivity index (χ1) is 7.09. The van der Waals surface area contributed by atoms with Crippen LogP contribution in [0.2, 0.25) is 0 Å². The van der Waals surface area contributed by atoms with Gasteiger partial charge in [0, 0.05) is 6.42 Å². The van der Waals surface area contributed by atoms with Gasteiger partial charge in [0.15, 0.2) is 0 Å². The van der Waals surface area contributed by atoms with Crippen LogP contribution in [-0.2, 0) is 0 Å². The lowest BCUT2D eigenvalue weighted by atomic mass is 10.1. The van der Waals surface area contributed by atoms with Crippen molar-refractivity contribution in [2.45, 2.75) is 26.7 Å². The van der Waals surface area contributed by atoms with Crippen molar-refractivity contribution in [2.24, 2.45) is 5.73 Å². The number of benzene rings is 1. The molecular formula is C12H18N2O. The second-order valence-electron chi connectivity index (χ2n) is 3.72. The molecule has 1 aromatic rings. The van der Waals surface area contributed by atoms with Crippen LogP contribution >= 0.6 is 0 Å². The lowest BCUT2D eigenvalue weighted by Gasteiger charge is -2.07. The largest absolute Gasteiger partial charge is 0.494 e. The molecule has 0 fully saturated rings. The van der Waals surface area contributed by atoms with Gasteiger partial charge in [-0.1, -0.05) is 6.07 Å². The Morgan fingerprint density at radius 2 is 2.07 bits per heavy atom. The van der Waals surface area contributed by atoms with Crippen molar-refractivity contribution < 1.29 is 4.74 Å². The Labute approximate surface area is 90.8 Å². The predicted molar refractivity (Wildman–Crippen MR) is 62.6 cm³/mol. The van der Waals surface area contributed by atoms with E-state index in [0.717, 1.165) is 12.2 Å². The van der Waals surface area contributed by atoms with E-state index in [1.807, 2.05) is 12.1 Å². The quantitative estimate of drug-likeness (QED) is 0.441. The summed E-state index contributed by atoms with van der Waals surface area (Å²) in [5.41, 5.74) is 7.75. The van der Waals surface area contributed by atoms with Crippen molar-refractivity contribution in [3.05, 3.63) is 29.3 Å². The number of rotatable bonds is 5. The number of hydrogen-bond acceptors (Lipinski definition) is 2. The van der Waals surface area contributed by atoms with Crippen LogP contribution in [0.5, 0.6) is 5.75 Å². The number of aryl methyl sites for hydroxylation is 2. The van der Waals surface area contributed by atoms with Gasteiger partial charge in [-0.2, -0.15) is 0 Å². The van der Waals surface area contributed by atoms with Crippen molar-refractivity contribution in [3.8, 4) is 5.75 Å². The maximum absolute atomic E-state index is 7.06. The number of amidine groups is 1. The summed E-state index contributed by atoms with van der Waals surface area (Å²) in [4.78, 5) is 0. The van der Waals surface area contributed by atoms with E-state index >= 15 is 0 Å². The first-order valence-corrected chi connectivity index (χ1v) is 5.12. The van der Waals surface area contributed by atoms with Crippen LogP contribution in [0.1, 0.15) is 24.0 Å². The summed E-state index contributed by atoms with van der Waals surface area (Å²) < 4.78 is 5.54. The number of nitrogens with one attached hydrogen (secondary N) is 1. The molecule has 3 nitrogen and oxygen atoms in total. The molecule has 3 heteroatoms. The van der Waals surface area contributed by atoms with E-state index in [1.165, 1.54) is 11.1 Å². The molecule has 1 aromatic carbocycles. The van der Waals surface area contributed by atoms with E-state index in [4.69, 9.17) is 15.9 Å². The molecule has 0 radical (unpaired) electrons. The molecule has 0 unspecified atom stereocenters.